The second kappa shape index (κ2) is 8.86. The van der Waals surface area contributed by atoms with E-state index < -0.39 is 0 Å². The van der Waals surface area contributed by atoms with Crippen LogP contribution >= 0.6 is 22.6 Å². The average molecular weight is 516 g/mol. The van der Waals surface area contributed by atoms with Crippen molar-refractivity contribution in [3.8, 4) is 5.75 Å². The Morgan fingerprint density at radius 2 is 1.93 bits per heavy atom. The summed E-state index contributed by atoms with van der Waals surface area (Å²) in [5, 5.41) is 3.16. The van der Waals surface area contributed by atoms with Gasteiger partial charge < -0.3 is 15.0 Å². The van der Waals surface area contributed by atoms with Gasteiger partial charge in [0.05, 0.1) is 19.3 Å². The molecule has 2 N–H and O–H groups in total. The first-order valence-electron chi connectivity index (χ1n) is 9.57. The summed E-state index contributed by atoms with van der Waals surface area (Å²) in [5.41, 5.74) is 2.81. The predicted molar refractivity (Wildman–Crippen MR) is 123 cm³/mol. The Bertz CT molecular complexity index is 1110. The Labute approximate surface area is 187 Å². The van der Waals surface area contributed by atoms with Crippen LogP contribution in [0.3, 0.4) is 0 Å². The van der Waals surface area contributed by atoms with Gasteiger partial charge in [0, 0.05) is 27.8 Å². The van der Waals surface area contributed by atoms with Crippen LogP contribution in [0.25, 0.3) is 0 Å². The number of hydrogen-bond acceptors (Lipinski definition) is 5. The maximum absolute atomic E-state index is 12.8. The van der Waals surface area contributed by atoms with E-state index in [1.165, 1.54) is 0 Å². The third kappa shape index (κ3) is 4.48. The highest BCUT2D eigenvalue weighted by atomic mass is 127. The minimum atomic E-state index is -0.154. The quantitative estimate of drug-likeness (QED) is 0.509. The highest BCUT2D eigenvalue weighted by molar-refractivity contribution is 14.1. The van der Waals surface area contributed by atoms with Gasteiger partial charge in [0.25, 0.3) is 11.5 Å². The summed E-state index contributed by atoms with van der Waals surface area (Å²) in [6.07, 6.45) is 0.493. The number of H-pyrrole nitrogens is 1. The number of aromatic nitrogens is 2. The van der Waals surface area contributed by atoms with Gasteiger partial charge in [0.2, 0.25) is 5.95 Å². The standard InChI is InChI=1S/C22H21IN4O3/c1-30-17-8-2-14(3-9-17)12-24-22-25-19-13-27(11-10-18(19)20(28)26-22)21(29)15-4-6-16(23)7-5-15/h2-9H,10-13H2,1H3,(H2,24,25,26,28). The van der Waals surface area contributed by atoms with Crippen LogP contribution in [0.2, 0.25) is 0 Å². The van der Waals surface area contributed by atoms with Crippen LogP contribution in [0.1, 0.15) is 27.2 Å². The lowest BCUT2D eigenvalue weighted by molar-refractivity contribution is 0.0731. The number of carbonyl (C=O) groups is 1. The highest BCUT2D eigenvalue weighted by Gasteiger charge is 2.25. The molecule has 0 bridgehead atoms. The van der Waals surface area contributed by atoms with Crippen LogP contribution in [0.15, 0.2) is 53.3 Å². The van der Waals surface area contributed by atoms with Gasteiger partial charge in [-0.3, -0.25) is 14.6 Å². The van der Waals surface area contributed by atoms with E-state index in [1.807, 2.05) is 48.5 Å². The van der Waals surface area contributed by atoms with Crippen LogP contribution in [0, 0.1) is 3.57 Å². The largest absolute Gasteiger partial charge is 0.497 e. The van der Waals surface area contributed by atoms with E-state index in [0.717, 1.165) is 14.9 Å². The average Bonchev–Trinajstić information content (AvgIpc) is 2.77. The molecule has 0 saturated heterocycles. The molecule has 2 heterocycles. The molecule has 8 heteroatoms. The van der Waals surface area contributed by atoms with Crippen LogP contribution < -0.4 is 15.6 Å². The topological polar surface area (TPSA) is 87.3 Å². The number of nitrogens with one attached hydrogen (secondary N) is 2. The lowest BCUT2D eigenvalue weighted by atomic mass is 10.1. The molecule has 30 heavy (non-hydrogen) atoms. The van der Waals surface area contributed by atoms with E-state index in [1.54, 1.807) is 12.0 Å². The molecule has 1 aromatic heterocycles. The molecule has 7 nitrogen and oxygen atoms in total. The van der Waals surface area contributed by atoms with Crippen LogP contribution in [-0.4, -0.2) is 34.4 Å². The summed E-state index contributed by atoms with van der Waals surface area (Å²) in [6, 6.07) is 15.1. The molecule has 0 fully saturated rings. The zero-order chi connectivity index (χ0) is 21.1. The lowest BCUT2D eigenvalue weighted by Crippen LogP contribution is -2.39. The third-order valence-corrected chi connectivity index (χ3v) is 5.79. The molecule has 0 unspecified atom stereocenters. The van der Waals surface area contributed by atoms with Gasteiger partial charge in [-0.05, 0) is 71.0 Å². The van der Waals surface area contributed by atoms with Crippen molar-refractivity contribution >= 4 is 34.4 Å². The number of halogens is 1. The maximum atomic E-state index is 12.8. The minimum Gasteiger partial charge on any atom is -0.497 e. The van der Waals surface area contributed by atoms with Gasteiger partial charge in [-0.1, -0.05) is 12.1 Å². The van der Waals surface area contributed by atoms with Crippen LogP contribution in [0.5, 0.6) is 5.75 Å². The number of amides is 1. The zero-order valence-electron chi connectivity index (χ0n) is 16.4. The van der Waals surface area contributed by atoms with Gasteiger partial charge >= 0.3 is 0 Å². The van der Waals surface area contributed by atoms with Crippen molar-refractivity contribution in [1.82, 2.24) is 14.9 Å². The third-order valence-electron chi connectivity index (χ3n) is 5.07. The van der Waals surface area contributed by atoms with Crippen molar-refractivity contribution in [1.29, 1.82) is 0 Å². The summed E-state index contributed by atoms with van der Waals surface area (Å²) < 4.78 is 6.24. The van der Waals surface area contributed by atoms with Gasteiger partial charge in [0.15, 0.2) is 0 Å². The van der Waals surface area contributed by atoms with E-state index in [2.05, 4.69) is 37.9 Å². The van der Waals surface area contributed by atoms with E-state index in [-0.39, 0.29) is 11.5 Å². The van der Waals surface area contributed by atoms with Gasteiger partial charge in [-0.15, -0.1) is 0 Å². The van der Waals surface area contributed by atoms with Gasteiger partial charge in [-0.25, -0.2) is 4.98 Å². The number of rotatable bonds is 5. The van der Waals surface area contributed by atoms with Crippen molar-refractivity contribution in [3.05, 3.63) is 84.8 Å². The number of aromatic amines is 1. The number of benzene rings is 2. The van der Waals surface area contributed by atoms with E-state index >= 15 is 0 Å². The Morgan fingerprint density at radius 1 is 1.20 bits per heavy atom. The maximum Gasteiger partial charge on any atom is 0.255 e. The van der Waals surface area contributed by atoms with Crippen molar-refractivity contribution in [2.24, 2.45) is 0 Å². The second-order valence-electron chi connectivity index (χ2n) is 7.03. The van der Waals surface area contributed by atoms with Crippen molar-refractivity contribution in [2.45, 2.75) is 19.5 Å². The fourth-order valence-electron chi connectivity index (χ4n) is 3.40. The first kappa shape index (κ1) is 20.4. The predicted octanol–water partition coefficient (Wildman–Crippen LogP) is 3.19. The summed E-state index contributed by atoms with van der Waals surface area (Å²) in [4.78, 5) is 34.5. The molecule has 2 aromatic carbocycles. The number of nitrogens with zero attached hydrogens (tertiary/aromatic N) is 2. The molecule has 3 aromatic rings. The normalized spacial score (nSPS) is 12.9. The molecule has 154 valence electrons. The van der Waals surface area contributed by atoms with E-state index in [9.17, 15) is 9.59 Å². The number of carbonyl (C=O) groups excluding carboxylic acids is 1. The molecule has 1 aliphatic rings. The molecule has 0 radical (unpaired) electrons. The Balaban J connectivity index is 1.49. The van der Waals surface area contributed by atoms with Crippen LogP contribution in [0.4, 0.5) is 5.95 Å². The molecule has 1 aliphatic heterocycles. The smallest absolute Gasteiger partial charge is 0.255 e. The van der Waals surface area contributed by atoms with Crippen molar-refractivity contribution in [2.75, 3.05) is 19.0 Å². The molecule has 4 rings (SSSR count). The second-order valence-corrected chi connectivity index (χ2v) is 8.27. The number of anilines is 1. The SMILES string of the molecule is COc1ccc(CNc2nc3c(c(=O)[nH]2)CCN(C(=O)c2ccc(I)cc2)C3)cc1. The molecular weight excluding hydrogens is 495 g/mol. The Kier molecular flexibility index (Phi) is 6.03. The summed E-state index contributed by atoms with van der Waals surface area (Å²) in [5.74, 6) is 1.14. The van der Waals surface area contributed by atoms with Crippen LogP contribution in [-0.2, 0) is 19.5 Å². The summed E-state index contributed by atoms with van der Waals surface area (Å²) >= 11 is 2.21. The Hall–Kier alpha value is -2.88. The number of methoxy groups -OCH3 is 1. The first-order valence-corrected chi connectivity index (χ1v) is 10.6. The highest BCUT2D eigenvalue weighted by Crippen LogP contribution is 2.19. The van der Waals surface area contributed by atoms with Crippen molar-refractivity contribution in [3.63, 3.8) is 0 Å². The van der Waals surface area contributed by atoms with Gasteiger partial charge in [0.1, 0.15) is 5.75 Å². The number of hydrogen-bond donors (Lipinski definition) is 2. The molecule has 0 saturated carbocycles. The van der Waals surface area contributed by atoms with E-state index in [0.29, 0.717) is 48.8 Å². The fourth-order valence-corrected chi connectivity index (χ4v) is 3.76. The monoisotopic (exact) mass is 516 g/mol. The Morgan fingerprint density at radius 3 is 2.63 bits per heavy atom. The number of fused-ring (bicyclic) bond motifs is 1. The summed E-state index contributed by atoms with van der Waals surface area (Å²) in [6.45, 7) is 1.33. The van der Waals surface area contributed by atoms with E-state index in [4.69, 9.17) is 4.74 Å². The summed E-state index contributed by atoms with van der Waals surface area (Å²) in [7, 11) is 1.63. The zero-order valence-corrected chi connectivity index (χ0v) is 18.6. The molecule has 0 spiro atoms. The molecule has 0 aliphatic carbocycles. The minimum absolute atomic E-state index is 0.0492. The fraction of sp³-hybridized carbons (Fsp3) is 0.227. The number of ether oxygens (including phenoxy) is 1. The van der Waals surface area contributed by atoms with Gasteiger partial charge in [-0.2, -0.15) is 0 Å². The first-order chi connectivity index (χ1) is 14.5. The molecular formula is C22H21IN4O3. The van der Waals surface area contributed by atoms with Crippen molar-refractivity contribution < 1.29 is 9.53 Å². The molecule has 0 atom stereocenters. The lowest BCUT2D eigenvalue weighted by Gasteiger charge is -2.28. The molecule has 1 amide bonds.